The Kier molecular flexibility index (Phi) is 8.36. The molecule has 1 unspecified atom stereocenters. The largest absolute Gasteiger partial charge is 0.496 e. The van der Waals surface area contributed by atoms with E-state index < -0.39 is 12.1 Å². The van der Waals surface area contributed by atoms with E-state index in [1.54, 1.807) is 25.6 Å². The highest BCUT2D eigenvalue weighted by Gasteiger charge is 2.24. The van der Waals surface area contributed by atoms with Crippen LogP contribution in [0.4, 0.5) is 0 Å². The molecule has 3 rings (SSSR count). The number of rotatable bonds is 12. The van der Waals surface area contributed by atoms with Crippen molar-refractivity contribution in [2.75, 3.05) is 14.2 Å². The molecule has 2 atom stereocenters. The Hall–Kier alpha value is -2.77. The van der Waals surface area contributed by atoms with Crippen molar-refractivity contribution in [2.24, 2.45) is 5.92 Å². The number of benzene rings is 1. The van der Waals surface area contributed by atoms with Crippen molar-refractivity contribution in [2.45, 2.75) is 45.3 Å². The third kappa shape index (κ3) is 6.14. The van der Waals surface area contributed by atoms with Crippen molar-refractivity contribution in [1.29, 1.82) is 0 Å². The van der Waals surface area contributed by atoms with Crippen LogP contribution in [0.1, 0.15) is 40.5 Å². The normalized spacial score (nSPS) is 13.0. The minimum atomic E-state index is -0.853. The molecule has 0 saturated carbocycles. The highest BCUT2D eigenvalue weighted by Crippen LogP contribution is 2.36. The van der Waals surface area contributed by atoms with Crippen molar-refractivity contribution in [3.05, 3.63) is 69.7 Å². The summed E-state index contributed by atoms with van der Waals surface area (Å²) >= 11 is 1.75. The van der Waals surface area contributed by atoms with Crippen LogP contribution in [0.25, 0.3) is 0 Å². The number of ether oxygens (including phenoxy) is 2. The van der Waals surface area contributed by atoms with Gasteiger partial charge in [0, 0.05) is 35.3 Å². The van der Waals surface area contributed by atoms with E-state index >= 15 is 0 Å². The average molecular weight is 458 g/mol. The van der Waals surface area contributed by atoms with Crippen LogP contribution in [0.5, 0.6) is 11.5 Å². The summed E-state index contributed by atoms with van der Waals surface area (Å²) in [6.07, 6.45) is 5.75. The van der Waals surface area contributed by atoms with E-state index in [1.165, 1.54) is 4.88 Å². The fourth-order valence-electron chi connectivity index (χ4n) is 4.05. The number of hydrogen-bond donors (Lipinski definition) is 2. The van der Waals surface area contributed by atoms with Crippen molar-refractivity contribution in [3.8, 4) is 11.5 Å². The van der Waals surface area contributed by atoms with Gasteiger partial charge < -0.3 is 24.3 Å². The smallest absolute Gasteiger partial charge is 0.307 e. The Morgan fingerprint density at radius 2 is 1.91 bits per heavy atom. The molecule has 1 aromatic carbocycles. The van der Waals surface area contributed by atoms with Crippen LogP contribution in [-0.2, 0) is 24.2 Å². The Bertz CT molecular complexity index is 986. The average Bonchev–Trinajstić information content (AvgIpc) is 3.44. The number of aliphatic hydroxyl groups is 1. The third-order valence-electron chi connectivity index (χ3n) is 5.75. The molecular weight excluding hydrogens is 426 g/mol. The minimum absolute atomic E-state index is 0.00897. The summed E-state index contributed by atoms with van der Waals surface area (Å²) < 4.78 is 13.0. The number of nitrogens with zero attached hydrogens (tertiary/aromatic N) is 1. The lowest BCUT2D eigenvalue weighted by molar-refractivity contribution is -0.136. The maximum Gasteiger partial charge on any atom is 0.307 e. The van der Waals surface area contributed by atoms with Gasteiger partial charge >= 0.3 is 5.97 Å². The molecule has 0 aliphatic rings. The van der Waals surface area contributed by atoms with Gasteiger partial charge in [0.05, 0.1) is 26.7 Å². The Morgan fingerprint density at radius 3 is 2.50 bits per heavy atom. The number of aliphatic carboxylic acids is 1. The molecule has 0 aliphatic carbocycles. The second-order valence-corrected chi connectivity index (χ2v) is 9.05. The lowest BCUT2D eigenvalue weighted by atomic mass is 9.90. The van der Waals surface area contributed by atoms with Crippen LogP contribution in [0.2, 0.25) is 0 Å². The Labute approximate surface area is 193 Å². The number of aryl methyl sites for hydroxylation is 1. The second kappa shape index (κ2) is 11.2. The van der Waals surface area contributed by atoms with Crippen molar-refractivity contribution >= 4 is 17.3 Å². The molecule has 32 heavy (non-hydrogen) atoms. The molecule has 2 N–H and O–H groups in total. The zero-order valence-electron chi connectivity index (χ0n) is 18.8. The molecule has 0 radical (unpaired) electrons. The number of methoxy groups -OCH3 is 2. The van der Waals surface area contributed by atoms with Crippen molar-refractivity contribution < 1.29 is 24.5 Å². The lowest BCUT2D eigenvalue weighted by Gasteiger charge is -2.25. The van der Waals surface area contributed by atoms with E-state index in [9.17, 15) is 9.90 Å². The monoisotopic (exact) mass is 457 g/mol. The fourth-order valence-corrected chi connectivity index (χ4v) is 4.80. The van der Waals surface area contributed by atoms with E-state index in [4.69, 9.17) is 14.6 Å². The van der Waals surface area contributed by atoms with E-state index in [-0.39, 0.29) is 12.3 Å². The molecule has 0 spiro atoms. The summed E-state index contributed by atoms with van der Waals surface area (Å²) in [5.41, 5.74) is 2.40. The number of aliphatic hydroxyl groups excluding tert-OH is 1. The highest BCUT2D eigenvalue weighted by atomic mass is 32.1. The predicted molar refractivity (Wildman–Crippen MR) is 126 cm³/mol. The molecule has 0 saturated heterocycles. The summed E-state index contributed by atoms with van der Waals surface area (Å²) in [4.78, 5) is 12.4. The van der Waals surface area contributed by atoms with Crippen LogP contribution in [0.15, 0.2) is 48.1 Å². The molecule has 6 nitrogen and oxygen atoms in total. The summed E-state index contributed by atoms with van der Waals surface area (Å²) in [5.74, 6) is 0.451. The number of carboxylic acids is 1. The minimum Gasteiger partial charge on any atom is -0.496 e. The molecule has 7 heteroatoms. The number of hydrogen-bond acceptors (Lipinski definition) is 5. The van der Waals surface area contributed by atoms with Crippen molar-refractivity contribution in [3.63, 3.8) is 0 Å². The fraction of sp³-hybridized carbons (Fsp3) is 0.400. The van der Waals surface area contributed by atoms with E-state index in [1.807, 2.05) is 42.1 Å². The van der Waals surface area contributed by atoms with Gasteiger partial charge in [-0.15, -0.1) is 11.3 Å². The standard InChI is InChI=1S/C25H31NO5S/c1-17-22(30-2)13-20(14-23(17)31-3)25(29)19(6-4-7-21-8-5-11-32-21)16-26-10-9-18(15-26)12-24(27)28/h5,8-11,13-15,19,25,29H,4,6-7,12,16H2,1-3H3,(H,27,28)/t19-,25?/m1/s1. The highest BCUT2D eigenvalue weighted by molar-refractivity contribution is 7.09. The summed E-state index contributed by atoms with van der Waals surface area (Å²) in [6.45, 7) is 2.51. The molecule has 2 heterocycles. The Balaban J connectivity index is 1.81. The lowest BCUT2D eigenvalue weighted by Crippen LogP contribution is -2.19. The van der Waals surface area contributed by atoms with Gasteiger partial charge in [0.2, 0.25) is 0 Å². The number of carbonyl (C=O) groups is 1. The third-order valence-corrected chi connectivity index (χ3v) is 6.69. The van der Waals surface area contributed by atoms with Crippen LogP contribution in [0.3, 0.4) is 0 Å². The SMILES string of the molecule is COc1cc(C(O)[C@H](CCCc2cccs2)Cn2ccc(CC(=O)O)c2)cc(OC)c1C. The van der Waals surface area contributed by atoms with Crippen LogP contribution < -0.4 is 9.47 Å². The van der Waals surface area contributed by atoms with E-state index in [2.05, 4.69) is 17.5 Å². The van der Waals surface area contributed by atoms with Gasteiger partial charge in [0.25, 0.3) is 0 Å². The number of carboxylic acid groups (broad SMARTS) is 1. The predicted octanol–water partition coefficient (Wildman–Crippen LogP) is 4.88. The Morgan fingerprint density at radius 1 is 1.19 bits per heavy atom. The summed E-state index contributed by atoms with van der Waals surface area (Å²) in [5, 5.41) is 22.5. The quantitative estimate of drug-likeness (QED) is 0.405. The van der Waals surface area contributed by atoms with Crippen molar-refractivity contribution in [1.82, 2.24) is 4.57 Å². The molecule has 0 aliphatic heterocycles. The summed E-state index contributed by atoms with van der Waals surface area (Å²) in [7, 11) is 3.22. The maximum atomic E-state index is 11.4. The first kappa shape index (κ1) is 23.9. The topological polar surface area (TPSA) is 80.9 Å². The molecule has 0 fully saturated rings. The number of thiophene rings is 1. The molecular formula is C25H31NO5S. The first-order valence-corrected chi connectivity index (χ1v) is 11.6. The van der Waals surface area contributed by atoms with Gasteiger partial charge in [0.15, 0.2) is 0 Å². The van der Waals surface area contributed by atoms with Gasteiger partial charge in [0.1, 0.15) is 11.5 Å². The summed E-state index contributed by atoms with van der Waals surface area (Å²) in [6, 6.07) is 9.76. The van der Waals surface area contributed by atoms with E-state index in [0.717, 1.165) is 36.0 Å². The van der Waals surface area contributed by atoms with Crippen LogP contribution in [0, 0.1) is 12.8 Å². The van der Waals surface area contributed by atoms with Gasteiger partial charge in [-0.25, -0.2) is 0 Å². The van der Waals surface area contributed by atoms with Crippen LogP contribution in [-0.4, -0.2) is 35.0 Å². The zero-order chi connectivity index (χ0) is 23.1. The molecule has 0 bridgehead atoms. The molecule has 172 valence electrons. The number of aromatic nitrogens is 1. The first-order chi connectivity index (χ1) is 15.4. The van der Waals surface area contributed by atoms with Crippen LogP contribution >= 0.6 is 11.3 Å². The van der Waals surface area contributed by atoms with Gasteiger partial charge in [-0.3, -0.25) is 4.79 Å². The van der Waals surface area contributed by atoms with Gasteiger partial charge in [-0.1, -0.05) is 6.07 Å². The molecule has 2 aromatic heterocycles. The molecule has 0 amide bonds. The maximum absolute atomic E-state index is 11.4. The van der Waals surface area contributed by atoms with Gasteiger partial charge in [-0.05, 0) is 67.0 Å². The van der Waals surface area contributed by atoms with Gasteiger partial charge in [-0.2, -0.15) is 0 Å². The molecule has 3 aromatic rings. The zero-order valence-corrected chi connectivity index (χ0v) is 19.6. The first-order valence-electron chi connectivity index (χ1n) is 10.7. The second-order valence-electron chi connectivity index (χ2n) is 8.01. The van der Waals surface area contributed by atoms with E-state index in [0.29, 0.717) is 18.0 Å².